The maximum atomic E-state index is 13.4. The molecular weight excluding hydrogens is 519 g/mol. The second kappa shape index (κ2) is 8.72. The number of benzene rings is 2. The Morgan fingerprint density at radius 2 is 1.79 bits per heavy atom. The first-order valence-corrected chi connectivity index (χ1v) is 11.6. The summed E-state index contributed by atoms with van der Waals surface area (Å²) in [5.41, 5.74) is 2.93. The van der Waals surface area contributed by atoms with Crippen LogP contribution in [0.4, 0.5) is 18.9 Å². The summed E-state index contributed by atoms with van der Waals surface area (Å²) < 4.78 is 40.3. The Kier molecular flexibility index (Phi) is 5.41. The Balaban J connectivity index is 1.25. The molecule has 39 heavy (non-hydrogen) atoms. The zero-order chi connectivity index (χ0) is 27.5. The van der Waals surface area contributed by atoms with Gasteiger partial charge >= 0.3 is 6.18 Å². The van der Waals surface area contributed by atoms with E-state index in [0.717, 1.165) is 11.0 Å². The number of amides is 4. The fourth-order valence-electron chi connectivity index (χ4n) is 4.59. The number of alkyl halides is 3. The summed E-state index contributed by atoms with van der Waals surface area (Å²) in [6.45, 7) is 0. The van der Waals surface area contributed by atoms with Gasteiger partial charge in [-0.25, -0.2) is 4.98 Å². The highest BCUT2D eigenvalue weighted by Gasteiger charge is 2.44. The topological polar surface area (TPSA) is 139 Å². The minimum Gasteiger partial charge on any atom is -0.295 e. The zero-order valence-corrected chi connectivity index (χ0v) is 19.7. The smallest absolute Gasteiger partial charge is 0.295 e. The van der Waals surface area contributed by atoms with Gasteiger partial charge in [-0.3, -0.25) is 39.8 Å². The molecule has 6 rings (SSSR count). The lowest BCUT2D eigenvalue weighted by atomic mass is 10.0. The number of nitrogens with zero attached hydrogens (tertiary/aromatic N) is 5. The van der Waals surface area contributed by atoms with E-state index in [-0.39, 0.29) is 40.7 Å². The van der Waals surface area contributed by atoms with Crippen LogP contribution < -0.4 is 10.7 Å². The van der Waals surface area contributed by atoms with E-state index in [0.29, 0.717) is 11.3 Å². The van der Waals surface area contributed by atoms with E-state index in [1.165, 1.54) is 53.7 Å². The Morgan fingerprint density at radius 3 is 2.56 bits per heavy atom. The van der Waals surface area contributed by atoms with Crippen molar-refractivity contribution >= 4 is 40.3 Å². The van der Waals surface area contributed by atoms with E-state index in [1.807, 2.05) is 0 Å². The molecule has 0 spiro atoms. The summed E-state index contributed by atoms with van der Waals surface area (Å²) in [6, 6.07) is 6.95. The van der Waals surface area contributed by atoms with Crippen LogP contribution in [0.1, 0.15) is 39.1 Å². The molecule has 4 amide bonds. The third-order valence-electron chi connectivity index (χ3n) is 6.44. The number of aromatic nitrogens is 4. The molecule has 2 aliphatic rings. The molecule has 0 bridgehead atoms. The molecule has 0 aliphatic carbocycles. The number of hydrogen-bond acceptors (Lipinski definition) is 8. The third-order valence-corrected chi connectivity index (χ3v) is 6.44. The first-order valence-electron chi connectivity index (χ1n) is 11.6. The van der Waals surface area contributed by atoms with Crippen molar-refractivity contribution in [3.8, 4) is 11.3 Å². The predicted octanol–water partition coefficient (Wildman–Crippen LogP) is 2.79. The van der Waals surface area contributed by atoms with E-state index < -0.39 is 41.4 Å². The van der Waals surface area contributed by atoms with E-state index in [4.69, 9.17) is 0 Å². The third kappa shape index (κ3) is 4.15. The number of hydrogen-bond donors (Lipinski definition) is 2. The largest absolute Gasteiger partial charge is 0.418 e. The Morgan fingerprint density at radius 1 is 1.00 bits per heavy atom. The average Bonchev–Trinajstić information content (AvgIpc) is 3.45. The highest BCUT2D eigenvalue weighted by atomic mass is 19.4. The van der Waals surface area contributed by atoms with E-state index >= 15 is 0 Å². The van der Waals surface area contributed by atoms with Crippen LogP contribution in [0.3, 0.4) is 0 Å². The minimum atomic E-state index is -4.60. The van der Waals surface area contributed by atoms with Gasteiger partial charge in [-0.2, -0.15) is 23.1 Å². The van der Waals surface area contributed by atoms with Gasteiger partial charge in [0.05, 0.1) is 52.2 Å². The standard InChI is InChI=1S/C25H16F3N7O4/c26-25(27,28)16-2-1-3-17-21(16)31-18(10-29-17)12-9-30-34(11-12)33-13-4-5-14-15(8-13)24(39)35(23(14)38)19-6-7-20(36)32-22(19)37/h1-5,8-11,19,33H,6-7H2,(H,32,36,37). The number of halogens is 3. The first-order chi connectivity index (χ1) is 18.6. The van der Waals surface area contributed by atoms with Crippen LogP contribution in [0.25, 0.3) is 22.3 Å². The Labute approximate surface area is 216 Å². The van der Waals surface area contributed by atoms with Crippen molar-refractivity contribution in [2.75, 3.05) is 5.43 Å². The van der Waals surface area contributed by atoms with Gasteiger partial charge in [0.25, 0.3) is 11.8 Å². The molecule has 2 N–H and O–H groups in total. The minimum absolute atomic E-state index is 0.0113. The fraction of sp³-hybridized carbons (Fsp3) is 0.160. The Hall–Kier alpha value is -5.14. The van der Waals surface area contributed by atoms with Crippen molar-refractivity contribution in [2.24, 2.45) is 0 Å². The van der Waals surface area contributed by atoms with E-state index in [2.05, 4.69) is 25.8 Å². The summed E-state index contributed by atoms with van der Waals surface area (Å²) in [7, 11) is 0. The number of fused-ring (bicyclic) bond motifs is 2. The lowest BCUT2D eigenvalue weighted by Gasteiger charge is -2.27. The van der Waals surface area contributed by atoms with E-state index in [1.54, 1.807) is 0 Å². The quantitative estimate of drug-likeness (QED) is 0.381. The molecule has 2 aromatic heterocycles. The zero-order valence-electron chi connectivity index (χ0n) is 19.7. The van der Waals surface area contributed by atoms with Crippen molar-refractivity contribution < 1.29 is 32.3 Å². The van der Waals surface area contributed by atoms with Crippen molar-refractivity contribution in [2.45, 2.75) is 25.1 Å². The van der Waals surface area contributed by atoms with Gasteiger partial charge in [0.1, 0.15) is 11.6 Å². The SMILES string of the molecule is O=C1CCC(N2C(=O)c3ccc(Nn4cc(-c5cnc6cccc(C(F)(F)F)c6n5)cn4)cc3C2=O)C(=O)N1. The van der Waals surface area contributed by atoms with Crippen LogP contribution in [0.5, 0.6) is 0 Å². The van der Waals surface area contributed by atoms with Crippen LogP contribution in [0.2, 0.25) is 0 Å². The summed E-state index contributed by atoms with van der Waals surface area (Å²) in [5.74, 6) is -2.47. The lowest BCUT2D eigenvalue weighted by molar-refractivity contribution is -0.137. The lowest BCUT2D eigenvalue weighted by Crippen LogP contribution is -2.54. The normalized spacial score (nSPS) is 17.5. The number of carbonyl (C=O) groups is 4. The molecule has 2 aromatic carbocycles. The molecule has 1 fully saturated rings. The molecule has 196 valence electrons. The van der Waals surface area contributed by atoms with Gasteiger partial charge in [-0.05, 0) is 36.8 Å². The first kappa shape index (κ1) is 24.2. The molecule has 1 saturated heterocycles. The molecule has 1 atom stereocenters. The maximum Gasteiger partial charge on any atom is 0.418 e. The molecule has 0 radical (unpaired) electrons. The van der Waals surface area contributed by atoms with Crippen LogP contribution >= 0.6 is 0 Å². The van der Waals surface area contributed by atoms with Gasteiger partial charge in [-0.1, -0.05) is 6.07 Å². The van der Waals surface area contributed by atoms with Crippen molar-refractivity contribution in [1.29, 1.82) is 0 Å². The summed E-state index contributed by atoms with van der Waals surface area (Å²) in [5, 5.41) is 6.28. The summed E-state index contributed by atoms with van der Waals surface area (Å²) in [6.07, 6.45) is -0.351. The monoisotopic (exact) mass is 535 g/mol. The average molecular weight is 535 g/mol. The van der Waals surface area contributed by atoms with Gasteiger partial charge in [0.2, 0.25) is 11.8 Å². The van der Waals surface area contributed by atoms with Crippen LogP contribution in [-0.4, -0.2) is 54.4 Å². The number of nitrogens with one attached hydrogen (secondary N) is 2. The second-order valence-electron chi connectivity index (χ2n) is 8.92. The summed E-state index contributed by atoms with van der Waals surface area (Å²) in [4.78, 5) is 59.9. The van der Waals surface area contributed by atoms with Crippen molar-refractivity contribution in [3.05, 3.63) is 71.7 Å². The highest BCUT2D eigenvalue weighted by molar-refractivity contribution is 6.23. The number of para-hydroxylation sites is 1. The molecule has 1 unspecified atom stereocenters. The van der Waals surface area contributed by atoms with Crippen molar-refractivity contribution in [1.82, 2.24) is 30.1 Å². The van der Waals surface area contributed by atoms with Crippen LogP contribution in [0, 0.1) is 0 Å². The molecular formula is C25H16F3N7O4. The number of rotatable bonds is 4. The maximum absolute atomic E-state index is 13.4. The molecule has 0 saturated carbocycles. The number of piperidine rings is 1. The Bertz CT molecular complexity index is 1720. The second-order valence-corrected chi connectivity index (χ2v) is 8.92. The van der Waals surface area contributed by atoms with Gasteiger partial charge in [-0.15, -0.1) is 0 Å². The molecule has 14 heteroatoms. The highest BCUT2D eigenvalue weighted by Crippen LogP contribution is 2.34. The van der Waals surface area contributed by atoms with Gasteiger partial charge < -0.3 is 0 Å². The van der Waals surface area contributed by atoms with Gasteiger partial charge in [0.15, 0.2) is 0 Å². The molecule has 11 nitrogen and oxygen atoms in total. The number of anilines is 1. The molecule has 4 aromatic rings. The summed E-state index contributed by atoms with van der Waals surface area (Å²) >= 11 is 0. The fourth-order valence-corrected chi connectivity index (χ4v) is 4.59. The number of imide groups is 2. The van der Waals surface area contributed by atoms with E-state index in [9.17, 15) is 32.3 Å². The predicted molar refractivity (Wildman–Crippen MR) is 128 cm³/mol. The molecule has 2 aliphatic heterocycles. The van der Waals surface area contributed by atoms with Crippen LogP contribution in [-0.2, 0) is 15.8 Å². The van der Waals surface area contributed by atoms with Crippen molar-refractivity contribution in [3.63, 3.8) is 0 Å². The van der Waals surface area contributed by atoms with Crippen LogP contribution in [0.15, 0.2) is 55.0 Å². The van der Waals surface area contributed by atoms with Gasteiger partial charge in [0, 0.05) is 12.0 Å². The molecule has 4 heterocycles. The number of carbonyl (C=O) groups excluding carboxylic acids is 4.